The van der Waals surface area contributed by atoms with Gasteiger partial charge in [-0.05, 0) is 32.1 Å². The van der Waals surface area contributed by atoms with E-state index in [2.05, 4.69) is 23.7 Å². The summed E-state index contributed by atoms with van der Waals surface area (Å²) in [6, 6.07) is 0.647. The molecule has 0 aliphatic heterocycles. The second-order valence-electron chi connectivity index (χ2n) is 5.15. The van der Waals surface area contributed by atoms with E-state index in [1.807, 2.05) is 6.92 Å². The molecule has 0 atom stereocenters. The Bertz CT molecular complexity index is 217. The van der Waals surface area contributed by atoms with Crippen molar-refractivity contribution in [3.63, 3.8) is 0 Å². The zero-order chi connectivity index (χ0) is 12.0. The average Bonchev–Trinajstić information content (AvgIpc) is 2.71. The Morgan fingerprint density at radius 3 is 2.50 bits per heavy atom. The zero-order valence-electron chi connectivity index (χ0n) is 11.1. The number of guanidine groups is 1. The Hall–Kier alpha value is -0.730. The van der Waals surface area contributed by atoms with Crippen LogP contribution in [0.15, 0.2) is 4.99 Å². The van der Waals surface area contributed by atoms with Crippen molar-refractivity contribution >= 4 is 5.96 Å². The lowest BCUT2D eigenvalue weighted by atomic mass is 10.1. The highest BCUT2D eigenvalue weighted by Crippen LogP contribution is 2.23. The minimum absolute atomic E-state index is 0.647. The van der Waals surface area contributed by atoms with E-state index >= 15 is 0 Å². The molecule has 0 bridgehead atoms. The van der Waals surface area contributed by atoms with Gasteiger partial charge in [-0.15, -0.1) is 0 Å². The number of hydrogen-bond acceptors (Lipinski definition) is 1. The maximum atomic E-state index is 6.07. The molecule has 0 aromatic heterocycles. The van der Waals surface area contributed by atoms with Crippen molar-refractivity contribution in [3.8, 4) is 0 Å². The van der Waals surface area contributed by atoms with E-state index in [0.29, 0.717) is 6.04 Å². The summed E-state index contributed by atoms with van der Waals surface area (Å²) < 4.78 is 0. The van der Waals surface area contributed by atoms with Crippen LogP contribution in [0.1, 0.15) is 52.9 Å². The predicted octanol–water partition coefficient (Wildman–Crippen LogP) is 2.61. The molecule has 0 unspecified atom stereocenters. The lowest BCUT2D eigenvalue weighted by Crippen LogP contribution is -2.44. The van der Waals surface area contributed by atoms with E-state index in [-0.39, 0.29) is 0 Å². The molecule has 1 aliphatic rings. The van der Waals surface area contributed by atoms with E-state index in [9.17, 15) is 0 Å². The highest BCUT2D eigenvalue weighted by Gasteiger charge is 2.23. The van der Waals surface area contributed by atoms with E-state index in [4.69, 9.17) is 5.73 Å². The van der Waals surface area contributed by atoms with Gasteiger partial charge in [0, 0.05) is 19.1 Å². The Kier molecular flexibility index (Phi) is 5.64. The average molecular weight is 225 g/mol. The summed E-state index contributed by atoms with van der Waals surface area (Å²) in [6.07, 6.45) is 6.48. The van der Waals surface area contributed by atoms with Crippen molar-refractivity contribution in [1.29, 1.82) is 0 Å². The zero-order valence-corrected chi connectivity index (χ0v) is 11.1. The summed E-state index contributed by atoms with van der Waals surface area (Å²) in [6.45, 7) is 8.43. The number of nitrogens with two attached hydrogens (primary N) is 1. The second-order valence-corrected chi connectivity index (χ2v) is 5.15. The molecule has 0 spiro atoms. The normalized spacial score (nSPS) is 18.4. The third-order valence-corrected chi connectivity index (χ3v) is 3.33. The quantitative estimate of drug-likeness (QED) is 0.577. The first-order valence-electron chi connectivity index (χ1n) is 6.71. The van der Waals surface area contributed by atoms with Gasteiger partial charge in [-0.25, -0.2) is 0 Å². The van der Waals surface area contributed by atoms with Gasteiger partial charge in [-0.2, -0.15) is 0 Å². The fraction of sp³-hybridized carbons (Fsp3) is 0.923. The maximum Gasteiger partial charge on any atom is 0.191 e. The molecule has 0 saturated heterocycles. The van der Waals surface area contributed by atoms with Crippen molar-refractivity contribution in [3.05, 3.63) is 0 Å². The van der Waals surface area contributed by atoms with Crippen molar-refractivity contribution in [1.82, 2.24) is 4.90 Å². The van der Waals surface area contributed by atoms with Crippen LogP contribution in [0.2, 0.25) is 0 Å². The van der Waals surface area contributed by atoms with Crippen LogP contribution < -0.4 is 5.73 Å². The minimum Gasteiger partial charge on any atom is -0.370 e. The van der Waals surface area contributed by atoms with Gasteiger partial charge in [0.25, 0.3) is 0 Å². The number of nitrogens with zero attached hydrogens (tertiary/aromatic N) is 2. The summed E-state index contributed by atoms with van der Waals surface area (Å²) in [7, 11) is 0. The van der Waals surface area contributed by atoms with Crippen molar-refractivity contribution in [2.45, 2.75) is 58.9 Å². The van der Waals surface area contributed by atoms with Crippen molar-refractivity contribution in [2.24, 2.45) is 16.6 Å². The molecule has 0 radical (unpaired) electrons. The molecule has 0 aromatic rings. The lowest BCUT2D eigenvalue weighted by Gasteiger charge is -2.30. The fourth-order valence-electron chi connectivity index (χ4n) is 2.35. The second kappa shape index (κ2) is 6.77. The summed E-state index contributed by atoms with van der Waals surface area (Å²) in [5.74, 6) is 1.49. The molecule has 94 valence electrons. The van der Waals surface area contributed by atoms with Crippen LogP contribution in [-0.2, 0) is 0 Å². The van der Waals surface area contributed by atoms with Crippen LogP contribution in [0.25, 0.3) is 0 Å². The Labute approximate surface area is 100 Å². The molecule has 1 rings (SSSR count). The Morgan fingerprint density at radius 1 is 1.38 bits per heavy atom. The van der Waals surface area contributed by atoms with Gasteiger partial charge in [0.15, 0.2) is 5.96 Å². The molecule has 0 heterocycles. The third kappa shape index (κ3) is 4.03. The topological polar surface area (TPSA) is 41.6 Å². The summed E-state index contributed by atoms with van der Waals surface area (Å²) in [5.41, 5.74) is 6.07. The molecule has 3 nitrogen and oxygen atoms in total. The van der Waals surface area contributed by atoms with Crippen LogP contribution in [0.5, 0.6) is 0 Å². The number of hydrogen-bond donors (Lipinski definition) is 1. The molecule has 1 aliphatic carbocycles. The van der Waals surface area contributed by atoms with Crippen LogP contribution in [0.4, 0.5) is 0 Å². The van der Waals surface area contributed by atoms with Crippen LogP contribution in [-0.4, -0.2) is 30.0 Å². The van der Waals surface area contributed by atoms with Gasteiger partial charge in [0.2, 0.25) is 0 Å². The molecule has 16 heavy (non-hydrogen) atoms. The Morgan fingerprint density at radius 2 is 2.00 bits per heavy atom. The first kappa shape index (κ1) is 13.3. The smallest absolute Gasteiger partial charge is 0.191 e. The molecular formula is C13H27N3. The van der Waals surface area contributed by atoms with Gasteiger partial charge >= 0.3 is 0 Å². The van der Waals surface area contributed by atoms with Crippen molar-refractivity contribution in [2.75, 3.05) is 13.1 Å². The van der Waals surface area contributed by atoms with Gasteiger partial charge in [-0.3, -0.25) is 4.99 Å². The predicted molar refractivity (Wildman–Crippen MR) is 70.6 cm³/mol. The Balaban J connectivity index is 2.56. The van der Waals surface area contributed by atoms with Crippen LogP contribution in [0, 0.1) is 5.92 Å². The minimum atomic E-state index is 0.647. The molecule has 0 aromatic carbocycles. The summed E-state index contributed by atoms with van der Waals surface area (Å²) in [5, 5.41) is 0. The molecule has 2 N–H and O–H groups in total. The highest BCUT2D eigenvalue weighted by atomic mass is 15.3. The van der Waals surface area contributed by atoms with E-state index in [1.54, 1.807) is 0 Å². The maximum absolute atomic E-state index is 6.07. The van der Waals surface area contributed by atoms with Gasteiger partial charge in [-0.1, -0.05) is 26.7 Å². The fourth-order valence-corrected chi connectivity index (χ4v) is 2.35. The summed E-state index contributed by atoms with van der Waals surface area (Å²) >= 11 is 0. The SMILES string of the molecule is CCN=C(N)N(CCC(C)C)C1CCCC1. The number of aliphatic imine (C=N–C) groups is 1. The largest absolute Gasteiger partial charge is 0.370 e. The van der Waals surface area contributed by atoms with Crippen molar-refractivity contribution < 1.29 is 0 Å². The first-order valence-corrected chi connectivity index (χ1v) is 6.71. The van der Waals surface area contributed by atoms with Crippen LogP contribution >= 0.6 is 0 Å². The first-order chi connectivity index (χ1) is 7.65. The molecule has 3 heteroatoms. The van der Waals surface area contributed by atoms with E-state index in [0.717, 1.165) is 25.0 Å². The highest BCUT2D eigenvalue weighted by molar-refractivity contribution is 5.78. The van der Waals surface area contributed by atoms with E-state index in [1.165, 1.54) is 32.1 Å². The molecular weight excluding hydrogens is 198 g/mol. The van der Waals surface area contributed by atoms with Gasteiger partial charge < -0.3 is 10.6 Å². The lowest BCUT2D eigenvalue weighted by molar-refractivity contribution is 0.292. The monoisotopic (exact) mass is 225 g/mol. The molecule has 1 saturated carbocycles. The van der Waals surface area contributed by atoms with Crippen LogP contribution in [0.3, 0.4) is 0 Å². The molecule has 1 fully saturated rings. The third-order valence-electron chi connectivity index (χ3n) is 3.33. The summed E-state index contributed by atoms with van der Waals surface area (Å²) in [4.78, 5) is 6.71. The van der Waals surface area contributed by atoms with Gasteiger partial charge in [0.05, 0.1) is 0 Å². The standard InChI is InChI=1S/C13H27N3/c1-4-15-13(14)16(10-9-11(2)3)12-7-5-6-8-12/h11-12H,4-10H2,1-3H3,(H2,14,15). The molecule has 0 amide bonds. The number of rotatable bonds is 5. The van der Waals surface area contributed by atoms with Gasteiger partial charge in [0.1, 0.15) is 0 Å². The van der Waals surface area contributed by atoms with E-state index < -0.39 is 0 Å².